The molecular weight excluding hydrogens is 316 g/mol. The summed E-state index contributed by atoms with van der Waals surface area (Å²) in [7, 11) is 0. The molecule has 0 aliphatic carbocycles. The Morgan fingerprint density at radius 3 is 2.92 bits per heavy atom. The number of nitrogens with zero attached hydrogens (tertiary/aromatic N) is 2. The Bertz CT molecular complexity index is 815. The van der Waals surface area contributed by atoms with Crippen LogP contribution in [0.1, 0.15) is 39.6 Å². The number of hydrogen-bond acceptors (Lipinski definition) is 4. The fourth-order valence-electron chi connectivity index (χ4n) is 3.40. The Morgan fingerprint density at radius 2 is 2.16 bits per heavy atom. The topological polar surface area (TPSA) is 78.1 Å². The van der Waals surface area contributed by atoms with Crippen LogP contribution < -0.4 is 10.9 Å². The van der Waals surface area contributed by atoms with Crippen LogP contribution in [0.5, 0.6) is 0 Å². The van der Waals surface area contributed by atoms with Crippen molar-refractivity contribution in [2.24, 2.45) is 0 Å². The van der Waals surface area contributed by atoms with Gasteiger partial charge in [-0.05, 0) is 43.9 Å². The van der Waals surface area contributed by atoms with Crippen LogP contribution in [0, 0.1) is 13.8 Å². The summed E-state index contributed by atoms with van der Waals surface area (Å²) < 4.78 is 0. The van der Waals surface area contributed by atoms with E-state index in [1.807, 2.05) is 0 Å². The van der Waals surface area contributed by atoms with E-state index < -0.39 is 5.56 Å². The molecule has 0 radical (unpaired) electrons. The lowest BCUT2D eigenvalue weighted by atomic mass is 9.94. The van der Waals surface area contributed by atoms with Gasteiger partial charge in [-0.15, -0.1) is 0 Å². The van der Waals surface area contributed by atoms with Crippen molar-refractivity contribution in [2.45, 2.75) is 26.2 Å². The van der Waals surface area contributed by atoms with Gasteiger partial charge in [0.25, 0.3) is 11.5 Å². The number of benzene rings is 1. The van der Waals surface area contributed by atoms with Crippen LogP contribution in [0.15, 0.2) is 35.3 Å². The summed E-state index contributed by atoms with van der Waals surface area (Å²) in [5.41, 5.74) is 2.43. The highest BCUT2D eigenvalue weighted by Gasteiger charge is 2.24. The molecule has 0 unspecified atom stereocenters. The molecule has 2 heterocycles. The number of carbonyl (C=O) groups excluding carboxylic acids is 1. The normalized spacial score (nSPS) is 17.6. The second-order valence-corrected chi connectivity index (χ2v) is 6.61. The Kier molecular flexibility index (Phi) is 5.28. The molecule has 6 nitrogen and oxygen atoms in total. The molecular formula is C19H24N4O2. The van der Waals surface area contributed by atoms with Crippen molar-refractivity contribution in [1.29, 1.82) is 0 Å². The number of amides is 1. The third-order valence-electron chi connectivity index (χ3n) is 4.79. The predicted octanol–water partition coefficient (Wildman–Crippen LogP) is 1.61. The molecule has 25 heavy (non-hydrogen) atoms. The van der Waals surface area contributed by atoms with Crippen LogP contribution in [0.3, 0.4) is 0 Å². The number of hydrogen-bond donors (Lipinski definition) is 2. The Labute approximate surface area is 147 Å². The minimum Gasteiger partial charge on any atom is -0.351 e. The lowest BCUT2D eigenvalue weighted by molar-refractivity contribution is 0.0947. The van der Waals surface area contributed by atoms with Gasteiger partial charge < -0.3 is 15.2 Å². The van der Waals surface area contributed by atoms with E-state index in [-0.39, 0.29) is 11.5 Å². The number of aromatic nitrogens is 2. The number of nitrogens with one attached hydrogen (secondary N) is 2. The summed E-state index contributed by atoms with van der Waals surface area (Å²) in [5.74, 6) is 0.685. The number of rotatable bonds is 5. The van der Waals surface area contributed by atoms with E-state index in [0.717, 1.165) is 26.1 Å². The van der Waals surface area contributed by atoms with Gasteiger partial charge in [-0.25, -0.2) is 4.98 Å². The lowest BCUT2D eigenvalue weighted by Gasteiger charge is -2.17. The van der Waals surface area contributed by atoms with Crippen LogP contribution in [-0.4, -0.2) is 47.0 Å². The van der Waals surface area contributed by atoms with E-state index >= 15 is 0 Å². The Balaban J connectivity index is 1.49. The van der Waals surface area contributed by atoms with Crippen molar-refractivity contribution in [3.8, 4) is 0 Å². The molecule has 2 N–H and O–H groups in total. The van der Waals surface area contributed by atoms with E-state index in [1.165, 1.54) is 17.3 Å². The largest absolute Gasteiger partial charge is 0.351 e. The molecule has 1 aliphatic rings. The summed E-state index contributed by atoms with van der Waals surface area (Å²) in [5, 5.41) is 2.81. The van der Waals surface area contributed by atoms with Crippen molar-refractivity contribution in [3.05, 3.63) is 63.3 Å². The standard InChI is InChI=1S/C19H24N4O2/c1-13-5-3-4-6-16(13)15-7-9-23(12-15)10-8-20-18(24)17-11-21-14(2)22-19(17)25/h3-6,11,15H,7-10,12H2,1-2H3,(H,20,24)(H,21,22,25)/t15-/m1/s1. The number of carbonyl (C=O) groups is 1. The Hall–Kier alpha value is -2.47. The monoisotopic (exact) mass is 340 g/mol. The third-order valence-corrected chi connectivity index (χ3v) is 4.79. The molecule has 0 bridgehead atoms. The van der Waals surface area contributed by atoms with Gasteiger partial charge in [0.2, 0.25) is 0 Å². The van der Waals surface area contributed by atoms with E-state index in [4.69, 9.17) is 0 Å². The maximum Gasteiger partial charge on any atom is 0.263 e. The summed E-state index contributed by atoms with van der Waals surface area (Å²) >= 11 is 0. The van der Waals surface area contributed by atoms with Crippen molar-refractivity contribution in [3.63, 3.8) is 0 Å². The van der Waals surface area contributed by atoms with E-state index in [2.05, 4.69) is 51.4 Å². The zero-order valence-electron chi connectivity index (χ0n) is 14.7. The van der Waals surface area contributed by atoms with Crippen LogP contribution in [-0.2, 0) is 0 Å². The zero-order valence-corrected chi connectivity index (χ0v) is 14.7. The van der Waals surface area contributed by atoms with Crippen LogP contribution >= 0.6 is 0 Å². The van der Waals surface area contributed by atoms with Crippen molar-refractivity contribution in [2.75, 3.05) is 26.2 Å². The quantitative estimate of drug-likeness (QED) is 0.867. The second-order valence-electron chi connectivity index (χ2n) is 6.61. The number of aromatic amines is 1. The van der Waals surface area contributed by atoms with Crippen molar-refractivity contribution >= 4 is 5.91 Å². The SMILES string of the molecule is Cc1ncc(C(=O)NCCN2CC[C@@H](c3ccccc3C)C2)c(=O)[nH]1. The van der Waals surface area contributed by atoms with Gasteiger partial charge in [0, 0.05) is 25.8 Å². The molecule has 1 aliphatic heterocycles. The van der Waals surface area contributed by atoms with Crippen LogP contribution in [0.2, 0.25) is 0 Å². The van der Waals surface area contributed by atoms with Gasteiger partial charge in [-0.1, -0.05) is 24.3 Å². The molecule has 0 saturated carbocycles. The fraction of sp³-hybridized carbons (Fsp3) is 0.421. The van der Waals surface area contributed by atoms with Gasteiger partial charge in [-0.3, -0.25) is 9.59 Å². The highest BCUT2D eigenvalue weighted by Crippen LogP contribution is 2.28. The molecule has 2 aromatic rings. The smallest absolute Gasteiger partial charge is 0.263 e. The summed E-state index contributed by atoms with van der Waals surface area (Å²) in [6.45, 7) is 7.18. The summed E-state index contributed by atoms with van der Waals surface area (Å²) in [6.07, 6.45) is 2.47. The molecule has 1 atom stereocenters. The number of H-pyrrole nitrogens is 1. The van der Waals surface area contributed by atoms with Gasteiger partial charge in [0.1, 0.15) is 11.4 Å². The molecule has 1 amide bonds. The third kappa shape index (κ3) is 4.14. The van der Waals surface area contributed by atoms with Gasteiger partial charge in [-0.2, -0.15) is 0 Å². The first-order valence-electron chi connectivity index (χ1n) is 8.66. The molecule has 132 valence electrons. The fourth-order valence-corrected chi connectivity index (χ4v) is 3.40. The summed E-state index contributed by atoms with van der Waals surface area (Å²) in [4.78, 5) is 32.7. The highest BCUT2D eigenvalue weighted by atomic mass is 16.2. The van der Waals surface area contributed by atoms with E-state index in [0.29, 0.717) is 18.3 Å². The highest BCUT2D eigenvalue weighted by molar-refractivity contribution is 5.93. The molecule has 1 aromatic carbocycles. The minimum absolute atomic E-state index is 0.0600. The molecule has 3 rings (SSSR count). The first-order chi connectivity index (χ1) is 12.0. The number of aryl methyl sites for hydroxylation is 2. The van der Waals surface area contributed by atoms with Gasteiger partial charge >= 0.3 is 0 Å². The zero-order chi connectivity index (χ0) is 17.8. The molecule has 1 aromatic heterocycles. The van der Waals surface area contributed by atoms with Crippen LogP contribution in [0.25, 0.3) is 0 Å². The van der Waals surface area contributed by atoms with Crippen LogP contribution in [0.4, 0.5) is 0 Å². The van der Waals surface area contributed by atoms with Crippen molar-refractivity contribution in [1.82, 2.24) is 20.2 Å². The van der Waals surface area contributed by atoms with Gasteiger partial charge in [0.05, 0.1) is 0 Å². The maximum atomic E-state index is 12.1. The predicted molar refractivity (Wildman–Crippen MR) is 96.9 cm³/mol. The number of likely N-dealkylation sites (tertiary alicyclic amines) is 1. The molecule has 1 saturated heterocycles. The maximum absolute atomic E-state index is 12.1. The minimum atomic E-state index is -0.397. The molecule has 1 fully saturated rings. The Morgan fingerprint density at radius 1 is 1.36 bits per heavy atom. The van der Waals surface area contributed by atoms with E-state index in [1.54, 1.807) is 6.92 Å². The van der Waals surface area contributed by atoms with Crippen molar-refractivity contribution < 1.29 is 4.79 Å². The second kappa shape index (κ2) is 7.61. The lowest BCUT2D eigenvalue weighted by Crippen LogP contribution is -2.36. The first kappa shape index (κ1) is 17.4. The average molecular weight is 340 g/mol. The molecule has 0 spiro atoms. The summed E-state index contributed by atoms with van der Waals surface area (Å²) in [6, 6.07) is 8.54. The average Bonchev–Trinajstić information content (AvgIpc) is 3.03. The first-order valence-corrected chi connectivity index (χ1v) is 8.66. The molecule has 6 heteroatoms. The van der Waals surface area contributed by atoms with Gasteiger partial charge in [0.15, 0.2) is 0 Å². The van der Waals surface area contributed by atoms with E-state index in [9.17, 15) is 9.59 Å².